The van der Waals surface area contributed by atoms with E-state index in [9.17, 15) is 0 Å². The van der Waals surface area contributed by atoms with Crippen molar-refractivity contribution in [3.63, 3.8) is 0 Å². The Morgan fingerprint density at radius 2 is 1.00 bits per heavy atom. The van der Waals surface area contributed by atoms with Gasteiger partial charge in [0.15, 0.2) is 0 Å². The molecular formula is H4CdSSeZr. The molecule has 0 saturated heterocycles. The average Bonchev–Trinajstić information content (AvgIpc) is 0. The van der Waals surface area contributed by atoms with Crippen molar-refractivity contribution >= 4 is 30.6 Å². The Labute approximate surface area is 82.7 Å². The van der Waals surface area contributed by atoms with Crippen LogP contribution in [-0.2, 0) is 53.5 Å². The average molecular weight is 319 g/mol. The predicted molar refractivity (Wildman–Crippen MR) is 18.9 cm³/mol. The largest absolute Gasteiger partial charge is 0 e. The van der Waals surface area contributed by atoms with E-state index < -0.39 is 0 Å². The maximum atomic E-state index is 0. The van der Waals surface area contributed by atoms with Crippen LogP contribution in [0.25, 0.3) is 0 Å². The third kappa shape index (κ3) is 8.82. The van der Waals surface area contributed by atoms with E-state index >= 15 is 0 Å². The molecule has 22 valence electrons. The first-order valence-electron chi connectivity index (χ1n) is 0. The maximum Gasteiger partial charge on any atom is 0 e. The van der Waals surface area contributed by atoms with E-state index in [-0.39, 0.29) is 84.1 Å². The quantitative estimate of drug-likeness (QED) is 0.513. The van der Waals surface area contributed by atoms with Crippen LogP contribution in [-0.4, -0.2) is 17.1 Å². The van der Waals surface area contributed by atoms with Crippen molar-refractivity contribution in [3.05, 3.63) is 0 Å². The monoisotopic (exact) mass is 320 g/mol. The van der Waals surface area contributed by atoms with Gasteiger partial charge in [0.05, 0.1) is 0 Å². The molecule has 0 amide bonds. The maximum absolute atomic E-state index is 0. The van der Waals surface area contributed by atoms with Crippen molar-refractivity contribution in [2.45, 2.75) is 0 Å². The van der Waals surface area contributed by atoms with E-state index in [2.05, 4.69) is 0 Å². The van der Waals surface area contributed by atoms with Crippen molar-refractivity contribution in [2.24, 2.45) is 0 Å². The number of rotatable bonds is 0. The molecule has 4 heavy (non-hydrogen) atoms. The van der Waals surface area contributed by atoms with Crippen LogP contribution in [0.4, 0.5) is 0 Å². The second-order valence-corrected chi connectivity index (χ2v) is 0. The summed E-state index contributed by atoms with van der Waals surface area (Å²) in [5.41, 5.74) is 0. The van der Waals surface area contributed by atoms with Gasteiger partial charge in [0, 0.05) is 53.5 Å². The van der Waals surface area contributed by atoms with Crippen molar-refractivity contribution in [1.29, 1.82) is 0 Å². The van der Waals surface area contributed by atoms with Gasteiger partial charge in [-0.25, -0.2) is 0 Å². The zero-order valence-electron chi connectivity index (χ0n) is 2.21. The molecule has 0 heterocycles. The van der Waals surface area contributed by atoms with Crippen LogP contribution in [0.15, 0.2) is 0 Å². The van der Waals surface area contributed by atoms with Gasteiger partial charge < -0.3 is 0 Å². The Morgan fingerprint density at radius 3 is 1.00 bits per heavy atom. The minimum Gasteiger partial charge on any atom is 0 e. The summed E-state index contributed by atoms with van der Waals surface area (Å²) in [5, 5.41) is 0. The molecule has 0 N–H and O–H groups in total. The van der Waals surface area contributed by atoms with Gasteiger partial charge in [-0.2, -0.15) is 13.5 Å². The Hall–Kier alpha value is 2.67. The molecule has 0 bridgehead atoms. The Kier molecular flexibility index (Phi) is 130. The first-order chi connectivity index (χ1) is 0. The summed E-state index contributed by atoms with van der Waals surface area (Å²) >= 11 is 0. The molecule has 0 radical (unpaired) electrons. The first-order valence-corrected chi connectivity index (χ1v) is 0. The zero-order chi connectivity index (χ0) is 0. The summed E-state index contributed by atoms with van der Waals surface area (Å²) in [4.78, 5) is 0. The zero-order valence-corrected chi connectivity index (χ0v) is 11.8. The smallest absolute Gasteiger partial charge is 0 e. The van der Waals surface area contributed by atoms with Crippen LogP contribution in [0.5, 0.6) is 0 Å². The summed E-state index contributed by atoms with van der Waals surface area (Å²) in [5.74, 6) is 0. The Bertz CT molecular complexity index is 8.00. The number of hydrogen-bond acceptors (Lipinski definition) is 0. The first kappa shape index (κ1) is 30.0. The van der Waals surface area contributed by atoms with Gasteiger partial charge in [-0.15, -0.1) is 0 Å². The molecule has 0 aromatic rings. The molecule has 0 aromatic heterocycles. The molecule has 0 rings (SSSR count). The van der Waals surface area contributed by atoms with Gasteiger partial charge >= 0.3 is 17.1 Å². The molecule has 0 unspecified atom stereocenters. The van der Waals surface area contributed by atoms with Gasteiger partial charge in [-0.3, -0.25) is 0 Å². The van der Waals surface area contributed by atoms with Crippen molar-refractivity contribution in [3.8, 4) is 0 Å². The molecule has 0 atom stereocenters. The van der Waals surface area contributed by atoms with Crippen LogP contribution in [0.2, 0.25) is 0 Å². The summed E-state index contributed by atoms with van der Waals surface area (Å²) in [6.45, 7) is 0. The van der Waals surface area contributed by atoms with Gasteiger partial charge in [0.25, 0.3) is 0 Å². The van der Waals surface area contributed by atoms with E-state index in [0.717, 1.165) is 0 Å². The molecular weight excluding hydrogens is 315 g/mol. The van der Waals surface area contributed by atoms with E-state index in [0.29, 0.717) is 0 Å². The second-order valence-electron chi connectivity index (χ2n) is 0. The van der Waals surface area contributed by atoms with E-state index in [1.165, 1.54) is 0 Å². The summed E-state index contributed by atoms with van der Waals surface area (Å²) in [6, 6.07) is 0. The molecule has 0 aromatic carbocycles. The molecule has 0 aliphatic rings. The van der Waals surface area contributed by atoms with E-state index in [1.54, 1.807) is 0 Å². The topological polar surface area (TPSA) is 0 Å². The molecule has 0 aliphatic carbocycles. The summed E-state index contributed by atoms with van der Waals surface area (Å²) < 4.78 is 0. The van der Waals surface area contributed by atoms with Gasteiger partial charge in [-0.05, 0) is 0 Å². The Morgan fingerprint density at radius 1 is 1.00 bits per heavy atom. The third-order valence-corrected chi connectivity index (χ3v) is 0. The molecule has 0 fully saturated rings. The van der Waals surface area contributed by atoms with E-state index in [4.69, 9.17) is 0 Å². The third-order valence-electron chi connectivity index (χ3n) is 0. The normalized spacial score (nSPS) is 0. The molecule has 0 nitrogen and oxygen atoms in total. The van der Waals surface area contributed by atoms with Crippen molar-refractivity contribution < 1.29 is 53.5 Å². The minimum atomic E-state index is 0. The molecule has 0 saturated carbocycles. The fraction of sp³-hybridized carbons (Fsp3) is 0. The minimum absolute atomic E-state index is 0. The molecule has 0 spiro atoms. The van der Waals surface area contributed by atoms with Crippen LogP contribution in [0.3, 0.4) is 0 Å². The Balaban J connectivity index is 0. The SMILES string of the molecule is S.[Cd].[SeH2].[Zr]. The van der Waals surface area contributed by atoms with Gasteiger partial charge in [0.2, 0.25) is 0 Å². The van der Waals surface area contributed by atoms with Crippen LogP contribution < -0.4 is 0 Å². The van der Waals surface area contributed by atoms with Crippen molar-refractivity contribution in [1.82, 2.24) is 0 Å². The standard InChI is InChI=1S/Cd.H2S.H2Se.Zr/h;2*1H2;. The van der Waals surface area contributed by atoms with Gasteiger partial charge in [-0.1, -0.05) is 0 Å². The molecule has 0 aliphatic heterocycles. The van der Waals surface area contributed by atoms with Gasteiger partial charge in [0.1, 0.15) is 0 Å². The fourth-order valence-electron chi connectivity index (χ4n) is 0. The summed E-state index contributed by atoms with van der Waals surface area (Å²) in [7, 11) is 0. The van der Waals surface area contributed by atoms with Crippen LogP contribution in [0, 0.1) is 0 Å². The molecule has 4 heteroatoms. The van der Waals surface area contributed by atoms with Crippen LogP contribution >= 0.6 is 13.5 Å². The van der Waals surface area contributed by atoms with Crippen LogP contribution in [0.1, 0.15) is 0 Å². The van der Waals surface area contributed by atoms with Crippen molar-refractivity contribution in [2.75, 3.05) is 0 Å². The summed E-state index contributed by atoms with van der Waals surface area (Å²) in [6.07, 6.45) is 0. The fourth-order valence-corrected chi connectivity index (χ4v) is 0. The van der Waals surface area contributed by atoms with E-state index in [1.807, 2.05) is 0 Å². The number of hydrogen-bond donors (Lipinski definition) is 0. The predicted octanol–water partition coefficient (Wildman–Crippen LogP) is -0.808. The second kappa shape index (κ2) is 17.3.